The van der Waals surface area contributed by atoms with Crippen LogP contribution in [-0.4, -0.2) is 18.3 Å². The van der Waals surface area contributed by atoms with Crippen molar-refractivity contribution < 1.29 is 19.0 Å². The third kappa shape index (κ3) is 6.87. The van der Waals surface area contributed by atoms with Crippen molar-refractivity contribution in [1.29, 1.82) is 5.26 Å². The average Bonchev–Trinajstić information content (AvgIpc) is 2.93. The highest BCUT2D eigenvalue weighted by molar-refractivity contribution is 6.34. The number of nitrogens with one attached hydrogen (secondary N) is 1. The summed E-state index contributed by atoms with van der Waals surface area (Å²) in [5.74, 6) is 0.866. The van der Waals surface area contributed by atoms with Gasteiger partial charge in [0.2, 0.25) is 0 Å². The second-order valence-corrected chi connectivity index (χ2v) is 8.70. The van der Waals surface area contributed by atoms with Gasteiger partial charge in [-0.25, -0.2) is 4.39 Å². The number of benzene rings is 4. The van der Waals surface area contributed by atoms with Crippen molar-refractivity contribution in [3.05, 3.63) is 118 Å². The Morgan fingerprint density at radius 1 is 0.865 bits per heavy atom. The Kier molecular flexibility index (Phi) is 9.12. The van der Waals surface area contributed by atoms with Crippen LogP contribution in [0.1, 0.15) is 22.3 Å². The molecule has 0 aromatic heterocycles. The molecule has 0 amide bonds. The number of halogens is 2. The van der Waals surface area contributed by atoms with E-state index in [9.17, 15) is 4.39 Å². The van der Waals surface area contributed by atoms with Crippen LogP contribution in [0, 0.1) is 17.1 Å². The van der Waals surface area contributed by atoms with Crippen molar-refractivity contribution in [2.75, 3.05) is 13.2 Å². The van der Waals surface area contributed by atoms with Crippen LogP contribution >= 0.6 is 11.6 Å². The van der Waals surface area contributed by atoms with Crippen LogP contribution in [-0.2, 0) is 19.8 Å². The van der Waals surface area contributed by atoms with E-state index in [1.165, 1.54) is 6.07 Å². The minimum atomic E-state index is -0.338. The Morgan fingerprint density at radius 3 is 2.49 bits per heavy atom. The molecule has 0 unspecified atom stereocenters. The number of hydrogen-bond donors (Lipinski definition) is 2. The van der Waals surface area contributed by atoms with Gasteiger partial charge in [-0.05, 0) is 29.8 Å². The molecule has 7 heteroatoms. The minimum Gasteiger partial charge on any atom is -0.489 e. The number of hydrogen-bond acceptors (Lipinski definition) is 5. The van der Waals surface area contributed by atoms with Gasteiger partial charge in [-0.2, -0.15) is 5.26 Å². The molecule has 0 radical (unpaired) electrons. The Bertz CT molecular complexity index is 1400. The zero-order chi connectivity index (χ0) is 26.0. The van der Waals surface area contributed by atoms with E-state index in [1.807, 2.05) is 36.4 Å². The first kappa shape index (κ1) is 26.2. The third-order valence-electron chi connectivity index (χ3n) is 5.73. The summed E-state index contributed by atoms with van der Waals surface area (Å²) < 4.78 is 26.5. The summed E-state index contributed by atoms with van der Waals surface area (Å²) in [4.78, 5) is 0. The first-order valence-electron chi connectivity index (χ1n) is 11.8. The van der Waals surface area contributed by atoms with Crippen molar-refractivity contribution >= 4 is 11.6 Å². The Morgan fingerprint density at radius 2 is 1.68 bits per heavy atom. The molecule has 0 atom stereocenters. The SMILES string of the molecule is N#Cc1cccc(COc2cc(OCc3cccc(-c4ccccc4F)c3Cl)ccc2CNCCO)c1. The molecule has 2 N–H and O–H groups in total. The first-order valence-corrected chi connectivity index (χ1v) is 12.2. The number of nitriles is 1. The zero-order valence-corrected chi connectivity index (χ0v) is 20.8. The lowest BCUT2D eigenvalue weighted by molar-refractivity contribution is 0.283. The Hall–Kier alpha value is -3.89. The van der Waals surface area contributed by atoms with Gasteiger partial charge >= 0.3 is 0 Å². The number of nitrogens with zero attached hydrogens (tertiary/aromatic N) is 1. The van der Waals surface area contributed by atoms with Gasteiger partial charge in [-0.15, -0.1) is 0 Å². The second kappa shape index (κ2) is 12.9. The lowest BCUT2D eigenvalue weighted by Gasteiger charge is -2.16. The Balaban J connectivity index is 1.52. The highest BCUT2D eigenvalue weighted by atomic mass is 35.5. The summed E-state index contributed by atoms with van der Waals surface area (Å²) in [5, 5.41) is 21.8. The van der Waals surface area contributed by atoms with Gasteiger partial charge < -0.3 is 19.9 Å². The standard InChI is InChI=1S/C30H26ClFN2O3/c31-30-24(7-4-9-27(30)26-8-1-2-10-28(26)32)20-36-25-12-11-23(18-34-13-14-35)29(16-25)37-19-22-6-3-5-21(15-22)17-33/h1-12,15-16,34-35H,13-14,18-20H2. The maximum absolute atomic E-state index is 14.3. The minimum absolute atomic E-state index is 0.0328. The third-order valence-corrected chi connectivity index (χ3v) is 6.18. The van der Waals surface area contributed by atoms with Crippen molar-refractivity contribution in [3.8, 4) is 28.7 Å². The number of aliphatic hydroxyl groups is 1. The van der Waals surface area contributed by atoms with Gasteiger partial charge in [0, 0.05) is 41.4 Å². The van der Waals surface area contributed by atoms with Crippen LogP contribution in [0.15, 0.2) is 84.9 Å². The van der Waals surface area contributed by atoms with Crippen molar-refractivity contribution in [3.63, 3.8) is 0 Å². The van der Waals surface area contributed by atoms with Gasteiger partial charge in [-0.1, -0.05) is 66.2 Å². The molecule has 37 heavy (non-hydrogen) atoms. The molecule has 4 aromatic rings. The number of rotatable bonds is 11. The normalized spacial score (nSPS) is 10.6. The molecule has 4 aromatic carbocycles. The molecule has 0 aliphatic carbocycles. The van der Waals surface area contributed by atoms with E-state index in [0.29, 0.717) is 46.3 Å². The maximum atomic E-state index is 14.3. The fourth-order valence-electron chi connectivity index (χ4n) is 3.84. The van der Waals surface area contributed by atoms with Crippen LogP contribution in [0.4, 0.5) is 4.39 Å². The molecule has 0 heterocycles. The second-order valence-electron chi connectivity index (χ2n) is 8.32. The molecule has 0 bridgehead atoms. The molecular formula is C30H26ClFN2O3. The highest BCUT2D eigenvalue weighted by Crippen LogP contribution is 2.33. The molecule has 0 saturated carbocycles. The van der Waals surface area contributed by atoms with Gasteiger partial charge in [-0.3, -0.25) is 0 Å². The molecule has 5 nitrogen and oxygen atoms in total. The van der Waals surface area contributed by atoms with Crippen molar-refractivity contribution in [1.82, 2.24) is 5.32 Å². The van der Waals surface area contributed by atoms with Crippen LogP contribution in [0.2, 0.25) is 5.02 Å². The van der Waals surface area contributed by atoms with E-state index >= 15 is 0 Å². The van der Waals surface area contributed by atoms with E-state index in [0.717, 1.165) is 16.7 Å². The van der Waals surface area contributed by atoms with E-state index in [-0.39, 0.29) is 25.6 Å². The fourth-order valence-corrected chi connectivity index (χ4v) is 4.12. The average molecular weight is 517 g/mol. The van der Waals surface area contributed by atoms with Gasteiger partial charge in [0.25, 0.3) is 0 Å². The molecule has 0 spiro atoms. The van der Waals surface area contributed by atoms with Gasteiger partial charge in [0.1, 0.15) is 30.5 Å². The summed E-state index contributed by atoms with van der Waals surface area (Å²) in [6, 6.07) is 26.9. The molecule has 4 rings (SSSR count). The largest absolute Gasteiger partial charge is 0.489 e. The smallest absolute Gasteiger partial charge is 0.131 e. The van der Waals surface area contributed by atoms with E-state index < -0.39 is 0 Å². The molecule has 0 aliphatic rings. The quantitative estimate of drug-likeness (QED) is 0.230. The van der Waals surface area contributed by atoms with Crippen molar-refractivity contribution in [2.24, 2.45) is 0 Å². The summed E-state index contributed by atoms with van der Waals surface area (Å²) in [6.07, 6.45) is 0. The van der Waals surface area contributed by atoms with Crippen LogP contribution in [0.5, 0.6) is 11.5 Å². The predicted molar refractivity (Wildman–Crippen MR) is 142 cm³/mol. The monoisotopic (exact) mass is 516 g/mol. The van der Waals surface area contributed by atoms with E-state index in [2.05, 4.69) is 11.4 Å². The maximum Gasteiger partial charge on any atom is 0.131 e. The van der Waals surface area contributed by atoms with E-state index in [1.54, 1.807) is 42.5 Å². The molecule has 188 valence electrons. The van der Waals surface area contributed by atoms with E-state index in [4.69, 9.17) is 31.4 Å². The van der Waals surface area contributed by atoms with Gasteiger partial charge in [0.05, 0.1) is 23.3 Å². The molecular weight excluding hydrogens is 491 g/mol. The van der Waals surface area contributed by atoms with Crippen molar-refractivity contribution in [2.45, 2.75) is 19.8 Å². The number of aliphatic hydroxyl groups excluding tert-OH is 1. The Labute approximate surface area is 220 Å². The zero-order valence-electron chi connectivity index (χ0n) is 20.1. The summed E-state index contributed by atoms with van der Waals surface area (Å²) in [7, 11) is 0. The topological polar surface area (TPSA) is 74.5 Å². The summed E-state index contributed by atoms with van der Waals surface area (Å²) in [5.41, 5.74) is 4.11. The predicted octanol–water partition coefficient (Wildman–Crippen LogP) is 6.26. The first-order chi connectivity index (χ1) is 18.1. The lowest BCUT2D eigenvalue weighted by Crippen LogP contribution is -2.18. The summed E-state index contributed by atoms with van der Waals surface area (Å²) >= 11 is 6.63. The fraction of sp³-hybridized carbons (Fsp3) is 0.167. The molecule has 0 fully saturated rings. The highest BCUT2D eigenvalue weighted by Gasteiger charge is 2.13. The summed E-state index contributed by atoms with van der Waals surface area (Å²) in [6.45, 7) is 1.46. The van der Waals surface area contributed by atoms with Crippen LogP contribution < -0.4 is 14.8 Å². The lowest BCUT2D eigenvalue weighted by atomic mass is 10.0. The molecule has 0 saturated heterocycles. The van der Waals surface area contributed by atoms with Crippen LogP contribution in [0.3, 0.4) is 0 Å². The van der Waals surface area contributed by atoms with Gasteiger partial charge in [0.15, 0.2) is 0 Å². The van der Waals surface area contributed by atoms with Crippen LogP contribution in [0.25, 0.3) is 11.1 Å². The molecule has 0 aliphatic heterocycles. The number of ether oxygens (including phenoxy) is 2.